The first-order chi connectivity index (χ1) is 8.13. The minimum atomic E-state index is -0.981. The number of aliphatic carboxylic acids is 1. The third-order valence-corrected chi connectivity index (χ3v) is 1.65. The lowest BCUT2D eigenvalue weighted by atomic mass is 10.2. The van der Waals surface area contributed by atoms with Gasteiger partial charge in [-0.3, -0.25) is 0 Å². The number of hydrogen-bond donors (Lipinski definition) is 2. The molecule has 0 aliphatic carbocycles. The highest BCUT2D eigenvalue weighted by molar-refractivity contribution is 5.78. The van der Waals surface area contributed by atoms with Gasteiger partial charge in [0.15, 0.2) is 0 Å². The second-order valence-corrected chi connectivity index (χ2v) is 2.94. The van der Waals surface area contributed by atoms with E-state index in [1.54, 1.807) is 6.08 Å². The van der Waals surface area contributed by atoms with Crippen molar-refractivity contribution < 1.29 is 19.7 Å². The highest BCUT2D eigenvalue weighted by Gasteiger charge is 1.91. The second kappa shape index (κ2) is 9.18. The van der Waals surface area contributed by atoms with Crippen LogP contribution in [0.4, 0.5) is 0 Å². The van der Waals surface area contributed by atoms with Crippen LogP contribution in [-0.4, -0.2) is 22.8 Å². The van der Waals surface area contributed by atoms with E-state index < -0.39 is 5.97 Å². The van der Waals surface area contributed by atoms with E-state index in [-0.39, 0.29) is 6.61 Å². The fourth-order valence-corrected chi connectivity index (χ4v) is 0.846. The Morgan fingerprint density at radius 2 is 1.82 bits per heavy atom. The summed E-state index contributed by atoms with van der Waals surface area (Å²) in [6.45, 7) is 7.09. The maximum atomic E-state index is 9.25. The van der Waals surface area contributed by atoms with Gasteiger partial charge in [-0.1, -0.05) is 31.4 Å². The fourth-order valence-electron chi connectivity index (χ4n) is 0.846. The maximum absolute atomic E-state index is 9.25. The lowest BCUT2D eigenvalue weighted by molar-refractivity contribution is -0.131. The summed E-state index contributed by atoms with van der Waals surface area (Å²) in [4.78, 5) is 9.25. The summed E-state index contributed by atoms with van der Waals surface area (Å²) in [5.74, 6) is -0.183. The zero-order chi connectivity index (χ0) is 13.1. The summed E-state index contributed by atoms with van der Waals surface area (Å²) in [7, 11) is 0. The van der Waals surface area contributed by atoms with Gasteiger partial charge in [0, 0.05) is 6.08 Å². The Labute approximate surface area is 100 Å². The summed E-state index contributed by atoms with van der Waals surface area (Å²) in [5.41, 5.74) is 0.890. The van der Waals surface area contributed by atoms with E-state index in [4.69, 9.17) is 14.9 Å². The van der Waals surface area contributed by atoms with Crippen molar-refractivity contribution in [2.75, 3.05) is 6.61 Å². The van der Waals surface area contributed by atoms with Crippen LogP contribution in [0.5, 0.6) is 5.75 Å². The molecule has 0 aliphatic heterocycles. The number of carboxylic acids is 1. The third-order valence-electron chi connectivity index (χ3n) is 1.65. The van der Waals surface area contributed by atoms with Crippen molar-refractivity contribution in [2.24, 2.45) is 0 Å². The smallest absolute Gasteiger partial charge is 0.327 e. The molecule has 0 unspecified atom stereocenters. The van der Waals surface area contributed by atoms with Crippen molar-refractivity contribution in [3.8, 4) is 5.75 Å². The summed E-state index contributed by atoms with van der Waals surface area (Å²) < 4.78 is 5.25. The first kappa shape index (κ1) is 14.9. The number of aliphatic hydroxyl groups excluding tert-OH is 1. The molecule has 0 atom stereocenters. The molecule has 0 heterocycles. The first-order valence-corrected chi connectivity index (χ1v) is 4.93. The first-order valence-electron chi connectivity index (χ1n) is 4.93. The molecule has 0 fully saturated rings. The zero-order valence-corrected chi connectivity index (χ0v) is 9.50. The van der Waals surface area contributed by atoms with Crippen molar-refractivity contribution in [1.82, 2.24) is 0 Å². The van der Waals surface area contributed by atoms with Gasteiger partial charge in [-0.25, -0.2) is 4.79 Å². The SMILES string of the molecule is C=CC(=O)O.C=CCOc1ccc(CO)cc1. The van der Waals surface area contributed by atoms with Crippen LogP contribution in [0, 0.1) is 0 Å². The minimum Gasteiger partial charge on any atom is -0.490 e. The maximum Gasteiger partial charge on any atom is 0.327 e. The van der Waals surface area contributed by atoms with Crippen molar-refractivity contribution >= 4 is 5.97 Å². The molecule has 2 N–H and O–H groups in total. The molecule has 92 valence electrons. The van der Waals surface area contributed by atoms with Gasteiger partial charge in [0.05, 0.1) is 6.61 Å². The Hall–Kier alpha value is -2.07. The Morgan fingerprint density at radius 1 is 1.29 bits per heavy atom. The van der Waals surface area contributed by atoms with Crippen LogP contribution in [-0.2, 0) is 11.4 Å². The molecule has 1 aromatic rings. The molecular weight excluding hydrogens is 220 g/mol. The third kappa shape index (κ3) is 7.81. The standard InChI is InChI=1S/C10H12O2.C3H4O2/c1-2-7-12-10-5-3-9(8-11)4-6-10;1-2-3(4)5/h2-6,11H,1,7-8H2;2H,1H2,(H,4,5). The van der Waals surface area contributed by atoms with Crippen molar-refractivity contribution in [3.63, 3.8) is 0 Å². The predicted octanol–water partition coefficient (Wildman–Crippen LogP) is 2.00. The van der Waals surface area contributed by atoms with Gasteiger partial charge in [-0.15, -0.1) is 0 Å². The summed E-state index contributed by atoms with van der Waals surface area (Å²) >= 11 is 0. The quantitative estimate of drug-likeness (QED) is 0.606. The molecule has 0 spiro atoms. The molecule has 0 bridgehead atoms. The topological polar surface area (TPSA) is 66.8 Å². The van der Waals surface area contributed by atoms with Gasteiger partial charge >= 0.3 is 5.97 Å². The molecule has 1 rings (SSSR count). The van der Waals surface area contributed by atoms with Gasteiger partial charge in [-0.2, -0.15) is 0 Å². The number of benzene rings is 1. The van der Waals surface area contributed by atoms with Crippen molar-refractivity contribution in [3.05, 3.63) is 55.1 Å². The number of hydrogen-bond acceptors (Lipinski definition) is 3. The number of rotatable bonds is 5. The molecule has 4 nitrogen and oxygen atoms in total. The van der Waals surface area contributed by atoms with E-state index >= 15 is 0 Å². The van der Waals surface area contributed by atoms with Gasteiger partial charge in [0.25, 0.3) is 0 Å². The van der Waals surface area contributed by atoms with E-state index in [1.165, 1.54) is 0 Å². The Balaban J connectivity index is 0.000000437. The van der Waals surface area contributed by atoms with Crippen LogP contribution < -0.4 is 4.74 Å². The largest absolute Gasteiger partial charge is 0.490 e. The molecule has 0 radical (unpaired) electrons. The second-order valence-electron chi connectivity index (χ2n) is 2.94. The number of carbonyl (C=O) groups is 1. The monoisotopic (exact) mass is 236 g/mol. The Morgan fingerprint density at radius 3 is 2.18 bits per heavy atom. The van der Waals surface area contributed by atoms with Gasteiger partial charge in [0.2, 0.25) is 0 Å². The van der Waals surface area contributed by atoms with E-state index in [0.717, 1.165) is 17.4 Å². The molecule has 0 aromatic heterocycles. The average molecular weight is 236 g/mol. The van der Waals surface area contributed by atoms with Crippen LogP contribution >= 0.6 is 0 Å². The Bertz CT molecular complexity index is 354. The van der Waals surface area contributed by atoms with Crippen molar-refractivity contribution in [2.45, 2.75) is 6.61 Å². The van der Waals surface area contributed by atoms with Crippen LogP contribution in [0.3, 0.4) is 0 Å². The minimum absolute atomic E-state index is 0.0712. The van der Waals surface area contributed by atoms with Crippen molar-refractivity contribution in [1.29, 1.82) is 0 Å². The van der Waals surface area contributed by atoms with E-state index in [1.807, 2.05) is 24.3 Å². The van der Waals surface area contributed by atoms with E-state index in [9.17, 15) is 4.79 Å². The fraction of sp³-hybridized carbons (Fsp3) is 0.154. The zero-order valence-electron chi connectivity index (χ0n) is 9.50. The molecule has 0 aliphatic rings. The molecule has 0 saturated carbocycles. The molecule has 1 aromatic carbocycles. The molecular formula is C13H16O4. The lowest BCUT2D eigenvalue weighted by Crippen LogP contribution is -1.92. The Kier molecular flexibility index (Phi) is 8.06. The summed E-state index contributed by atoms with van der Waals surface area (Å²) in [6.07, 6.45) is 2.53. The normalized spacial score (nSPS) is 8.53. The van der Waals surface area contributed by atoms with Crippen LogP contribution in [0.15, 0.2) is 49.6 Å². The lowest BCUT2D eigenvalue weighted by Gasteiger charge is -2.02. The highest BCUT2D eigenvalue weighted by Crippen LogP contribution is 2.11. The summed E-state index contributed by atoms with van der Waals surface area (Å²) in [5, 5.41) is 16.4. The number of ether oxygens (including phenoxy) is 1. The highest BCUT2D eigenvalue weighted by atomic mass is 16.5. The molecule has 0 saturated heterocycles. The number of carboxylic acid groups (broad SMARTS) is 1. The van der Waals surface area contributed by atoms with Gasteiger partial charge < -0.3 is 14.9 Å². The van der Waals surface area contributed by atoms with E-state index in [2.05, 4.69) is 13.2 Å². The van der Waals surface area contributed by atoms with Crippen LogP contribution in [0.25, 0.3) is 0 Å². The van der Waals surface area contributed by atoms with E-state index in [0.29, 0.717) is 6.61 Å². The van der Waals surface area contributed by atoms with Gasteiger partial charge in [0.1, 0.15) is 12.4 Å². The molecule has 4 heteroatoms. The number of aliphatic hydroxyl groups is 1. The summed E-state index contributed by atoms with van der Waals surface area (Å²) in [6, 6.07) is 7.32. The molecule has 0 amide bonds. The van der Waals surface area contributed by atoms with Gasteiger partial charge in [-0.05, 0) is 17.7 Å². The average Bonchev–Trinajstić information content (AvgIpc) is 2.37. The molecule has 17 heavy (non-hydrogen) atoms. The van der Waals surface area contributed by atoms with Crippen LogP contribution in [0.2, 0.25) is 0 Å². The predicted molar refractivity (Wildman–Crippen MR) is 65.9 cm³/mol. The van der Waals surface area contributed by atoms with Crippen LogP contribution in [0.1, 0.15) is 5.56 Å².